The van der Waals surface area contributed by atoms with Gasteiger partial charge in [-0.1, -0.05) is 59.3 Å². The number of benzene rings is 2. The van der Waals surface area contributed by atoms with Gasteiger partial charge in [-0.15, -0.1) is 0 Å². The number of nitriles is 1. The first-order valence-electron chi connectivity index (χ1n) is 7.89. The number of rotatable bonds is 6. The molecule has 0 amide bonds. The molecule has 4 heteroatoms. The molecule has 0 saturated heterocycles. The quantitative estimate of drug-likeness (QED) is 0.744. The number of hydrogen-bond acceptors (Lipinski definition) is 2. The fraction of sp³-hybridized carbons (Fsp3) is 0.300. The Hall–Kier alpha value is -2.12. The number of halogens is 1. The van der Waals surface area contributed by atoms with E-state index in [-0.39, 0.29) is 6.42 Å². The Labute approximate surface area is 151 Å². The van der Waals surface area contributed by atoms with Gasteiger partial charge in [0.15, 0.2) is 0 Å². The highest BCUT2D eigenvalue weighted by atomic mass is 79.9. The molecule has 1 N–H and O–H groups in total. The van der Waals surface area contributed by atoms with E-state index in [9.17, 15) is 15.2 Å². The molecule has 0 aliphatic rings. The minimum Gasteiger partial charge on any atom is -0.481 e. The van der Waals surface area contributed by atoms with E-state index in [0.717, 1.165) is 21.2 Å². The number of nitrogens with zero attached hydrogens (tertiary/aromatic N) is 1. The van der Waals surface area contributed by atoms with Gasteiger partial charge in [0.1, 0.15) is 0 Å². The Morgan fingerprint density at radius 3 is 2.46 bits per heavy atom. The Morgan fingerprint density at radius 2 is 1.96 bits per heavy atom. The van der Waals surface area contributed by atoms with Gasteiger partial charge < -0.3 is 5.11 Å². The van der Waals surface area contributed by atoms with E-state index in [2.05, 4.69) is 22.0 Å². The maximum Gasteiger partial charge on any atom is 0.304 e. The predicted octanol–water partition coefficient (Wildman–Crippen LogP) is 5.19. The van der Waals surface area contributed by atoms with E-state index in [0.29, 0.717) is 6.42 Å². The molecule has 0 fully saturated rings. The molecule has 2 aromatic carbocycles. The summed E-state index contributed by atoms with van der Waals surface area (Å²) in [7, 11) is 0. The summed E-state index contributed by atoms with van der Waals surface area (Å²) in [5, 5.41) is 19.6. The summed E-state index contributed by atoms with van der Waals surface area (Å²) in [5.74, 6) is -1.31. The molecular weight excluding hydrogens is 366 g/mol. The lowest BCUT2D eigenvalue weighted by atomic mass is 9.64. The topological polar surface area (TPSA) is 61.1 Å². The molecular formula is C20H20BrNO2. The molecule has 0 spiro atoms. The Kier molecular flexibility index (Phi) is 5.80. The number of carboxylic acids is 1. The van der Waals surface area contributed by atoms with Crippen LogP contribution in [0.2, 0.25) is 0 Å². The van der Waals surface area contributed by atoms with Gasteiger partial charge in [0.05, 0.1) is 17.9 Å². The second-order valence-corrected chi connectivity index (χ2v) is 6.87. The molecule has 0 aliphatic heterocycles. The summed E-state index contributed by atoms with van der Waals surface area (Å²) in [6.07, 6.45) is 0.458. The van der Waals surface area contributed by atoms with E-state index in [1.54, 1.807) is 0 Å². The van der Waals surface area contributed by atoms with Crippen LogP contribution in [0.1, 0.15) is 42.4 Å². The number of aliphatic carboxylic acids is 1. The second kappa shape index (κ2) is 7.63. The fourth-order valence-electron chi connectivity index (χ4n) is 3.41. The maximum absolute atomic E-state index is 11.5. The zero-order chi connectivity index (χ0) is 17.7. The minimum atomic E-state index is -0.897. The van der Waals surface area contributed by atoms with Crippen LogP contribution in [0.15, 0.2) is 53.0 Å². The van der Waals surface area contributed by atoms with Crippen molar-refractivity contribution in [3.8, 4) is 6.07 Å². The molecule has 0 saturated carbocycles. The third-order valence-corrected chi connectivity index (χ3v) is 5.10. The highest BCUT2D eigenvalue weighted by Gasteiger charge is 2.42. The van der Waals surface area contributed by atoms with Crippen molar-refractivity contribution < 1.29 is 9.90 Å². The van der Waals surface area contributed by atoms with Crippen LogP contribution in [0.3, 0.4) is 0 Å². The second-order valence-electron chi connectivity index (χ2n) is 5.96. The lowest BCUT2D eigenvalue weighted by Crippen LogP contribution is -2.34. The summed E-state index contributed by atoms with van der Waals surface area (Å²) in [4.78, 5) is 11.5. The summed E-state index contributed by atoms with van der Waals surface area (Å²) < 4.78 is 0.946. The van der Waals surface area contributed by atoms with Gasteiger partial charge in [0.25, 0.3) is 0 Å². The van der Waals surface area contributed by atoms with Crippen molar-refractivity contribution in [1.82, 2.24) is 0 Å². The van der Waals surface area contributed by atoms with E-state index >= 15 is 0 Å². The van der Waals surface area contributed by atoms with Gasteiger partial charge in [-0.3, -0.25) is 4.79 Å². The van der Waals surface area contributed by atoms with Crippen LogP contribution in [-0.4, -0.2) is 11.1 Å². The Bertz CT molecular complexity index is 767. The van der Waals surface area contributed by atoms with Crippen molar-refractivity contribution in [1.29, 1.82) is 5.26 Å². The summed E-state index contributed by atoms with van der Waals surface area (Å²) >= 11 is 3.45. The zero-order valence-corrected chi connectivity index (χ0v) is 15.4. The smallest absolute Gasteiger partial charge is 0.304 e. The highest BCUT2D eigenvalue weighted by molar-refractivity contribution is 9.10. The van der Waals surface area contributed by atoms with E-state index in [4.69, 9.17) is 0 Å². The summed E-state index contributed by atoms with van der Waals surface area (Å²) in [6.45, 7) is 3.91. The maximum atomic E-state index is 11.5. The van der Waals surface area contributed by atoms with Gasteiger partial charge >= 0.3 is 5.97 Å². The fourth-order valence-corrected chi connectivity index (χ4v) is 3.88. The lowest BCUT2D eigenvalue weighted by Gasteiger charge is -2.35. The molecule has 0 radical (unpaired) electrons. The largest absolute Gasteiger partial charge is 0.481 e. The van der Waals surface area contributed by atoms with Crippen LogP contribution >= 0.6 is 15.9 Å². The van der Waals surface area contributed by atoms with Gasteiger partial charge in [0, 0.05) is 10.4 Å². The van der Waals surface area contributed by atoms with Crippen molar-refractivity contribution in [2.24, 2.45) is 0 Å². The predicted molar refractivity (Wildman–Crippen MR) is 97.9 cm³/mol. The van der Waals surface area contributed by atoms with E-state index < -0.39 is 17.3 Å². The van der Waals surface area contributed by atoms with Gasteiger partial charge in [-0.2, -0.15) is 5.26 Å². The third kappa shape index (κ3) is 3.52. The zero-order valence-electron chi connectivity index (χ0n) is 13.8. The Morgan fingerprint density at radius 1 is 1.29 bits per heavy atom. The standard InChI is InChI=1S/C20H20BrNO2/c1-3-20(13-22,17-10-9-16(21)11-14(17)2)18(12-19(23)24)15-7-5-4-6-8-15/h4-11,18H,3,12H2,1-2H3,(H,23,24). The van der Waals surface area contributed by atoms with Crippen LogP contribution in [0.4, 0.5) is 0 Å². The minimum absolute atomic E-state index is 0.0824. The SMILES string of the molecule is CCC(C#N)(c1ccc(Br)cc1C)C(CC(=O)O)c1ccccc1. The van der Waals surface area contributed by atoms with Gasteiger partial charge in [-0.25, -0.2) is 0 Å². The molecule has 0 bridgehead atoms. The van der Waals surface area contributed by atoms with Crippen molar-refractivity contribution in [2.75, 3.05) is 0 Å². The molecule has 3 nitrogen and oxygen atoms in total. The molecule has 2 aromatic rings. The third-order valence-electron chi connectivity index (χ3n) is 4.60. The number of aryl methyl sites for hydroxylation is 1. The molecule has 2 unspecified atom stereocenters. The van der Waals surface area contributed by atoms with Crippen LogP contribution in [-0.2, 0) is 10.2 Å². The molecule has 124 valence electrons. The summed E-state index contributed by atoms with van der Waals surface area (Å²) in [6, 6.07) is 17.8. The normalized spacial score (nSPS) is 14.4. The average Bonchev–Trinajstić information content (AvgIpc) is 2.57. The Balaban J connectivity index is 2.68. The molecule has 2 rings (SSSR count). The van der Waals surface area contributed by atoms with Crippen LogP contribution in [0.5, 0.6) is 0 Å². The van der Waals surface area contributed by atoms with E-state index in [1.165, 1.54) is 0 Å². The molecule has 24 heavy (non-hydrogen) atoms. The average molecular weight is 386 g/mol. The first kappa shape index (κ1) is 18.2. The van der Waals surface area contributed by atoms with Gasteiger partial charge in [-0.05, 0) is 42.2 Å². The van der Waals surface area contributed by atoms with Crippen molar-refractivity contribution in [3.63, 3.8) is 0 Å². The number of hydrogen-bond donors (Lipinski definition) is 1. The molecule has 2 atom stereocenters. The van der Waals surface area contributed by atoms with Crippen molar-refractivity contribution in [2.45, 2.75) is 38.0 Å². The summed E-state index contributed by atoms with van der Waals surface area (Å²) in [5.41, 5.74) is 1.88. The molecule has 0 aliphatic carbocycles. The first-order valence-corrected chi connectivity index (χ1v) is 8.68. The number of carboxylic acid groups (broad SMARTS) is 1. The van der Waals surface area contributed by atoms with Crippen LogP contribution in [0, 0.1) is 18.3 Å². The van der Waals surface area contributed by atoms with Crippen molar-refractivity contribution in [3.05, 3.63) is 69.7 Å². The number of carbonyl (C=O) groups is 1. The lowest BCUT2D eigenvalue weighted by molar-refractivity contribution is -0.137. The highest BCUT2D eigenvalue weighted by Crippen LogP contribution is 2.45. The van der Waals surface area contributed by atoms with Crippen molar-refractivity contribution >= 4 is 21.9 Å². The molecule has 0 heterocycles. The molecule has 0 aromatic heterocycles. The van der Waals surface area contributed by atoms with Crippen LogP contribution in [0.25, 0.3) is 0 Å². The monoisotopic (exact) mass is 385 g/mol. The van der Waals surface area contributed by atoms with E-state index in [1.807, 2.05) is 62.4 Å². The van der Waals surface area contributed by atoms with Crippen LogP contribution < -0.4 is 0 Å². The van der Waals surface area contributed by atoms with Gasteiger partial charge in [0.2, 0.25) is 0 Å². The first-order chi connectivity index (χ1) is 11.4.